The van der Waals surface area contributed by atoms with E-state index in [1.54, 1.807) is 0 Å². The Morgan fingerprint density at radius 2 is 1.43 bits per heavy atom. The predicted molar refractivity (Wildman–Crippen MR) is 98.2 cm³/mol. The van der Waals surface area contributed by atoms with Crippen LogP contribution in [0.1, 0.15) is 12.8 Å². The van der Waals surface area contributed by atoms with Crippen LogP contribution in [0.5, 0.6) is 0 Å². The van der Waals surface area contributed by atoms with Crippen molar-refractivity contribution < 1.29 is 0 Å². The van der Waals surface area contributed by atoms with Crippen molar-refractivity contribution in [3.63, 3.8) is 0 Å². The number of hydrogen-bond donors (Lipinski definition) is 2. The van der Waals surface area contributed by atoms with Gasteiger partial charge in [-0.05, 0) is 67.9 Å². The van der Waals surface area contributed by atoms with Crippen LogP contribution in [0.4, 0.5) is 22.7 Å². The van der Waals surface area contributed by atoms with Gasteiger partial charge in [-0.2, -0.15) is 10.2 Å². The van der Waals surface area contributed by atoms with Crippen molar-refractivity contribution in [3.8, 4) is 0 Å². The lowest BCUT2D eigenvalue weighted by atomic mass is 10.2. The van der Waals surface area contributed by atoms with Gasteiger partial charge in [0, 0.05) is 32.0 Å². The summed E-state index contributed by atoms with van der Waals surface area (Å²) in [5.41, 5.74) is 9.41. The number of rotatable bonds is 8. The van der Waals surface area contributed by atoms with Gasteiger partial charge in [-0.3, -0.25) is 0 Å². The second-order valence-electron chi connectivity index (χ2n) is 5.58. The maximum Gasteiger partial charge on any atom is 0.0858 e. The van der Waals surface area contributed by atoms with Crippen LogP contribution in [0.25, 0.3) is 0 Å². The van der Waals surface area contributed by atoms with Crippen LogP contribution in [0.2, 0.25) is 0 Å². The number of hydrogen-bond acceptors (Lipinski definition) is 5. The first-order valence-electron chi connectivity index (χ1n) is 7.92. The van der Waals surface area contributed by atoms with E-state index in [0.29, 0.717) is 0 Å². The number of anilines is 2. The van der Waals surface area contributed by atoms with Crippen LogP contribution in [0, 0.1) is 0 Å². The molecule has 0 aliphatic heterocycles. The van der Waals surface area contributed by atoms with Gasteiger partial charge in [-0.1, -0.05) is 0 Å². The largest absolute Gasteiger partial charge is 0.385 e. The van der Waals surface area contributed by atoms with Crippen LogP contribution in [-0.2, 0) is 0 Å². The molecule has 2 rings (SSSR count). The molecular weight excluding hydrogens is 286 g/mol. The minimum atomic E-state index is 0.747. The second kappa shape index (κ2) is 8.90. The Labute approximate surface area is 138 Å². The summed E-state index contributed by atoms with van der Waals surface area (Å²) in [4.78, 5) is 2.06. The summed E-state index contributed by atoms with van der Waals surface area (Å²) in [6, 6.07) is 16.0. The molecule has 0 heterocycles. The molecule has 0 fully saturated rings. The first kappa shape index (κ1) is 17.0. The van der Waals surface area contributed by atoms with Crippen LogP contribution < -0.4 is 16.0 Å². The molecule has 0 saturated carbocycles. The van der Waals surface area contributed by atoms with Gasteiger partial charge in [0.25, 0.3) is 0 Å². The maximum absolute atomic E-state index is 5.48. The van der Waals surface area contributed by atoms with E-state index >= 15 is 0 Å². The molecule has 0 amide bonds. The van der Waals surface area contributed by atoms with Crippen molar-refractivity contribution in [3.05, 3.63) is 48.5 Å². The third kappa shape index (κ3) is 5.71. The molecule has 0 saturated heterocycles. The summed E-state index contributed by atoms with van der Waals surface area (Å²) in [6.07, 6.45) is 2.13. The summed E-state index contributed by atoms with van der Waals surface area (Å²) >= 11 is 0. The Morgan fingerprint density at radius 3 is 1.96 bits per heavy atom. The van der Waals surface area contributed by atoms with Gasteiger partial charge in [0.05, 0.1) is 11.4 Å². The zero-order valence-corrected chi connectivity index (χ0v) is 13.9. The minimum absolute atomic E-state index is 0.747. The number of nitrogens with one attached hydrogen (secondary N) is 1. The second-order valence-corrected chi connectivity index (χ2v) is 5.58. The van der Waals surface area contributed by atoms with Gasteiger partial charge in [0.2, 0.25) is 0 Å². The van der Waals surface area contributed by atoms with Gasteiger partial charge >= 0.3 is 0 Å². The van der Waals surface area contributed by atoms with E-state index in [9.17, 15) is 0 Å². The third-order valence-electron chi connectivity index (χ3n) is 3.47. The molecular formula is C18H25N5. The summed E-state index contributed by atoms with van der Waals surface area (Å²) in [6.45, 7) is 1.69. The standard InChI is InChI=1S/C18H25N5/c1-23(2)18-11-9-17(10-12-18)22-21-16-7-5-15(6-8-16)20-14-4-3-13-19/h5-12,20H,3-4,13-14,19H2,1-2H3. The van der Waals surface area contributed by atoms with Crippen molar-refractivity contribution in [1.29, 1.82) is 0 Å². The average molecular weight is 311 g/mol. The van der Waals surface area contributed by atoms with Crippen LogP contribution in [0.3, 0.4) is 0 Å². The lowest BCUT2D eigenvalue weighted by molar-refractivity contribution is 0.774. The Balaban J connectivity index is 1.89. The fourth-order valence-corrected chi connectivity index (χ4v) is 2.08. The molecule has 0 unspecified atom stereocenters. The third-order valence-corrected chi connectivity index (χ3v) is 3.47. The topological polar surface area (TPSA) is 66.0 Å². The molecule has 0 aliphatic rings. The molecule has 3 N–H and O–H groups in total. The number of nitrogens with two attached hydrogens (primary N) is 1. The number of azo groups is 1. The highest BCUT2D eigenvalue weighted by Gasteiger charge is 1.96. The molecule has 0 bridgehead atoms. The van der Waals surface area contributed by atoms with Crippen LogP contribution >= 0.6 is 0 Å². The van der Waals surface area contributed by atoms with E-state index in [-0.39, 0.29) is 0 Å². The Kier molecular flexibility index (Phi) is 6.56. The molecule has 0 aliphatic carbocycles. The molecule has 5 nitrogen and oxygen atoms in total. The highest BCUT2D eigenvalue weighted by Crippen LogP contribution is 2.22. The van der Waals surface area contributed by atoms with E-state index < -0.39 is 0 Å². The lowest BCUT2D eigenvalue weighted by Gasteiger charge is -2.11. The maximum atomic E-state index is 5.48. The lowest BCUT2D eigenvalue weighted by Crippen LogP contribution is -2.07. The van der Waals surface area contributed by atoms with E-state index in [0.717, 1.165) is 48.7 Å². The molecule has 0 aromatic heterocycles. The molecule has 2 aromatic rings. The highest BCUT2D eigenvalue weighted by molar-refractivity contribution is 5.53. The number of unbranched alkanes of at least 4 members (excludes halogenated alkanes) is 1. The van der Waals surface area contributed by atoms with Crippen LogP contribution in [-0.4, -0.2) is 27.2 Å². The van der Waals surface area contributed by atoms with Gasteiger partial charge in [0.1, 0.15) is 0 Å². The molecule has 0 radical (unpaired) electrons. The summed E-state index contributed by atoms with van der Waals surface area (Å²) in [7, 11) is 4.03. The monoisotopic (exact) mass is 311 g/mol. The van der Waals surface area contributed by atoms with Crippen molar-refractivity contribution in [2.45, 2.75) is 12.8 Å². The Hall–Kier alpha value is -2.40. The molecule has 0 atom stereocenters. The van der Waals surface area contributed by atoms with Gasteiger partial charge in [-0.15, -0.1) is 0 Å². The fourth-order valence-electron chi connectivity index (χ4n) is 2.08. The van der Waals surface area contributed by atoms with Crippen molar-refractivity contribution in [2.24, 2.45) is 16.0 Å². The number of benzene rings is 2. The van der Waals surface area contributed by atoms with Crippen molar-refractivity contribution in [1.82, 2.24) is 0 Å². The van der Waals surface area contributed by atoms with Crippen molar-refractivity contribution in [2.75, 3.05) is 37.4 Å². The Bertz CT molecular complexity index is 602. The van der Waals surface area contributed by atoms with E-state index in [2.05, 4.69) is 20.4 Å². The molecule has 5 heteroatoms. The SMILES string of the molecule is CN(C)c1ccc(N=Nc2ccc(NCCCCN)cc2)cc1. The number of nitrogens with zero attached hydrogens (tertiary/aromatic N) is 3. The first-order chi connectivity index (χ1) is 11.2. The highest BCUT2D eigenvalue weighted by atomic mass is 15.1. The zero-order valence-electron chi connectivity index (χ0n) is 13.9. The molecule has 122 valence electrons. The van der Waals surface area contributed by atoms with E-state index in [4.69, 9.17) is 5.73 Å². The van der Waals surface area contributed by atoms with Gasteiger partial charge in [-0.25, -0.2) is 0 Å². The smallest absolute Gasteiger partial charge is 0.0858 e. The first-order valence-corrected chi connectivity index (χ1v) is 7.92. The quantitative estimate of drug-likeness (QED) is 0.563. The van der Waals surface area contributed by atoms with Crippen molar-refractivity contribution >= 4 is 22.7 Å². The van der Waals surface area contributed by atoms with Gasteiger partial charge in [0.15, 0.2) is 0 Å². The Morgan fingerprint density at radius 1 is 0.870 bits per heavy atom. The van der Waals surface area contributed by atoms with Gasteiger partial charge < -0.3 is 16.0 Å². The molecule has 2 aromatic carbocycles. The predicted octanol–water partition coefficient (Wildman–Crippen LogP) is 4.32. The van der Waals surface area contributed by atoms with E-state index in [1.807, 2.05) is 62.6 Å². The van der Waals surface area contributed by atoms with E-state index in [1.165, 1.54) is 0 Å². The average Bonchev–Trinajstić information content (AvgIpc) is 2.58. The summed E-state index contributed by atoms with van der Waals surface area (Å²) in [5.74, 6) is 0. The van der Waals surface area contributed by atoms with Crippen LogP contribution in [0.15, 0.2) is 58.8 Å². The normalized spacial score (nSPS) is 10.9. The summed E-state index contributed by atoms with van der Waals surface area (Å²) in [5, 5.41) is 11.9. The minimum Gasteiger partial charge on any atom is -0.385 e. The summed E-state index contributed by atoms with van der Waals surface area (Å²) < 4.78 is 0. The molecule has 0 spiro atoms. The zero-order chi connectivity index (χ0) is 16.5. The molecule has 23 heavy (non-hydrogen) atoms. The fraction of sp³-hybridized carbons (Fsp3) is 0.333.